The highest BCUT2D eigenvalue weighted by molar-refractivity contribution is 7.24. The summed E-state index contributed by atoms with van der Waals surface area (Å²) < 4.78 is 7.66. The molecule has 3 aromatic rings. The van der Waals surface area contributed by atoms with Gasteiger partial charge in [-0.3, -0.25) is 4.79 Å². The Bertz CT molecular complexity index is 918. The van der Waals surface area contributed by atoms with Gasteiger partial charge in [-0.1, -0.05) is 26.0 Å². The molecule has 0 bridgehead atoms. The third-order valence-electron chi connectivity index (χ3n) is 4.35. The molecular weight excluding hydrogens is 334 g/mol. The van der Waals surface area contributed by atoms with Crippen LogP contribution < -0.4 is 10.2 Å². The number of nitrogens with zero attached hydrogens (tertiary/aromatic N) is 1. The molecule has 0 saturated carbocycles. The standard InChI is InChI=1S/C20H23NO3S/c1-3-21(4-2)12-14(22)13-24-15-9-10-19-17(11-15)20(23)16-7-5-6-8-18(16)25-19/h5-11,14,22H,3-4,12-13H2,1-2H3. The van der Waals surface area contributed by atoms with Crippen LogP contribution in [-0.2, 0) is 0 Å². The number of hydrogen-bond donors (Lipinski definition) is 1. The minimum atomic E-state index is -0.554. The molecule has 4 nitrogen and oxygen atoms in total. The van der Waals surface area contributed by atoms with E-state index in [9.17, 15) is 9.90 Å². The Balaban J connectivity index is 1.80. The largest absolute Gasteiger partial charge is 0.491 e. The second kappa shape index (κ2) is 7.95. The molecule has 2 aromatic carbocycles. The summed E-state index contributed by atoms with van der Waals surface area (Å²) in [6.07, 6.45) is -0.554. The van der Waals surface area contributed by atoms with Crippen LogP contribution >= 0.6 is 11.3 Å². The fourth-order valence-corrected chi connectivity index (χ4v) is 3.95. The third-order valence-corrected chi connectivity index (χ3v) is 5.50. The maximum absolute atomic E-state index is 12.7. The smallest absolute Gasteiger partial charge is 0.196 e. The second-order valence-corrected chi connectivity index (χ2v) is 7.12. The summed E-state index contributed by atoms with van der Waals surface area (Å²) in [6, 6.07) is 13.2. The first-order chi connectivity index (χ1) is 12.1. The van der Waals surface area contributed by atoms with E-state index >= 15 is 0 Å². The summed E-state index contributed by atoms with van der Waals surface area (Å²) >= 11 is 1.60. The quantitative estimate of drug-likeness (QED) is 0.658. The van der Waals surface area contributed by atoms with Crippen molar-refractivity contribution in [1.29, 1.82) is 0 Å². The predicted molar refractivity (Wildman–Crippen MR) is 105 cm³/mol. The first-order valence-corrected chi connectivity index (χ1v) is 9.42. The fraction of sp³-hybridized carbons (Fsp3) is 0.350. The molecule has 132 valence electrons. The van der Waals surface area contributed by atoms with E-state index in [0.717, 1.165) is 27.9 Å². The minimum Gasteiger partial charge on any atom is -0.491 e. The van der Waals surface area contributed by atoms with Crippen molar-refractivity contribution in [2.24, 2.45) is 0 Å². The van der Waals surface area contributed by atoms with E-state index in [1.165, 1.54) is 0 Å². The summed E-state index contributed by atoms with van der Waals surface area (Å²) in [4.78, 5) is 14.8. The van der Waals surface area contributed by atoms with Gasteiger partial charge < -0.3 is 14.7 Å². The van der Waals surface area contributed by atoms with Crippen LogP contribution in [0.15, 0.2) is 47.3 Å². The summed E-state index contributed by atoms with van der Waals surface area (Å²) in [5.41, 5.74) is 0.0264. The van der Waals surface area contributed by atoms with Gasteiger partial charge >= 0.3 is 0 Å². The molecule has 0 aliphatic rings. The molecule has 3 rings (SSSR count). The zero-order valence-corrected chi connectivity index (χ0v) is 15.4. The van der Waals surface area contributed by atoms with Gasteiger partial charge in [-0.05, 0) is 43.4 Å². The number of aliphatic hydroxyl groups is 1. The number of benzene rings is 2. The molecule has 25 heavy (non-hydrogen) atoms. The maximum Gasteiger partial charge on any atom is 0.196 e. The molecule has 1 N–H and O–H groups in total. The highest BCUT2D eigenvalue weighted by atomic mass is 32.1. The van der Waals surface area contributed by atoms with Crippen LogP contribution in [-0.4, -0.2) is 42.4 Å². The Labute approximate surface area is 151 Å². The molecular formula is C20H23NO3S. The van der Waals surface area contributed by atoms with Crippen LogP contribution in [0.1, 0.15) is 13.8 Å². The number of aliphatic hydroxyl groups excluding tert-OH is 1. The molecule has 0 spiro atoms. The molecule has 0 saturated heterocycles. The molecule has 0 aliphatic carbocycles. The van der Waals surface area contributed by atoms with Gasteiger partial charge in [0, 0.05) is 26.7 Å². The zero-order valence-electron chi connectivity index (χ0n) is 14.6. The first-order valence-electron chi connectivity index (χ1n) is 8.61. The number of hydrogen-bond acceptors (Lipinski definition) is 5. The molecule has 1 heterocycles. The van der Waals surface area contributed by atoms with Crippen LogP contribution in [0.2, 0.25) is 0 Å². The van der Waals surface area contributed by atoms with Crippen molar-refractivity contribution in [2.45, 2.75) is 20.0 Å². The maximum atomic E-state index is 12.7. The Morgan fingerprint density at radius 3 is 2.56 bits per heavy atom. The molecule has 0 amide bonds. The van der Waals surface area contributed by atoms with Crippen molar-refractivity contribution in [3.05, 3.63) is 52.7 Å². The van der Waals surface area contributed by atoms with Gasteiger partial charge in [-0.2, -0.15) is 0 Å². The normalized spacial score (nSPS) is 12.8. The van der Waals surface area contributed by atoms with E-state index in [1.807, 2.05) is 36.4 Å². The lowest BCUT2D eigenvalue weighted by atomic mass is 10.2. The lowest BCUT2D eigenvalue weighted by molar-refractivity contribution is 0.0717. The van der Waals surface area contributed by atoms with Crippen molar-refractivity contribution in [3.8, 4) is 5.75 Å². The van der Waals surface area contributed by atoms with Gasteiger partial charge in [0.1, 0.15) is 18.5 Å². The molecule has 1 atom stereocenters. The molecule has 1 aromatic heterocycles. The molecule has 1 unspecified atom stereocenters. The third kappa shape index (κ3) is 4.00. The monoisotopic (exact) mass is 357 g/mol. The van der Waals surface area contributed by atoms with Gasteiger partial charge in [0.05, 0.1) is 0 Å². The van der Waals surface area contributed by atoms with E-state index in [2.05, 4.69) is 18.7 Å². The van der Waals surface area contributed by atoms with Gasteiger partial charge in [-0.15, -0.1) is 11.3 Å². The SMILES string of the molecule is CCN(CC)CC(O)COc1ccc2sc3ccccc3c(=O)c2c1. The fourth-order valence-electron chi connectivity index (χ4n) is 2.90. The van der Waals surface area contributed by atoms with Crippen LogP contribution in [0.5, 0.6) is 5.75 Å². The van der Waals surface area contributed by atoms with E-state index in [0.29, 0.717) is 17.7 Å². The second-order valence-electron chi connectivity index (χ2n) is 6.04. The van der Waals surface area contributed by atoms with Crippen LogP contribution in [0.3, 0.4) is 0 Å². The molecule has 0 fully saturated rings. The van der Waals surface area contributed by atoms with Crippen molar-refractivity contribution < 1.29 is 9.84 Å². The number of likely N-dealkylation sites (N-methyl/N-ethyl adjacent to an activating group) is 1. The van der Waals surface area contributed by atoms with Crippen LogP contribution in [0, 0.1) is 0 Å². The minimum absolute atomic E-state index is 0.0264. The summed E-state index contributed by atoms with van der Waals surface area (Å²) in [5.74, 6) is 0.616. The average Bonchev–Trinajstić information content (AvgIpc) is 2.65. The van der Waals surface area contributed by atoms with E-state index in [4.69, 9.17) is 4.74 Å². The van der Waals surface area contributed by atoms with Crippen molar-refractivity contribution in [2.75, 3.05) is 26.2 Å². The summed E-state index contributed by atoms with van der Waals surface area (Å²) in [7, 11) is 0. The van der Waals surface area contributed by atoms with Gasteiger partial charge in [0.2, 0.25) is 0 Å². The Hall–Kier alpha value is -1.95. The van der Waals surface area contributed by atoms with Crippen molar-refractivity contribution >= 4 is 31.5 Å². The number of ether oxygens (including phenoxy) is 1. The summed E-state index contributed by atoms with van der Waals surface area (Å²) in [5, 5.41) is 11.5. The Kier molecular flexibility index (Phi) is 5.68. The van der Waals surface area contributed by atoms with E-state index in [-0.39, 0.29) is 12.0 Å². The van der Waals surface area contributed by atoms with Gasteiger partial charge in [-0.25, -0.2) is 0 Å². The number of rotatable bonds is 7. The van der Waals surface area contributed by atoms with Crippen molar-refractivity contribution in [1.82, 2.24) is 4.90 Å². The van der Waals surface area contributed by atoms with E-state index < -0.39 is 6.10 Å². The zero-order chi connectivity index (χ0) is 17.8. The van der Waals surface area contributed by atoms with E-state index in [1.54, 1.807) is 17.4 Å². The predicted octanol–water partition coefficient (Wildman–Crippen LogP) is 3.50. The molecule has 0 radical (unpaired) electrons. The number of fused-ring (bicyclic) bond motifs is 2. The van der Waals surface area contributed by atoms with Crippen LogP contribution in [0.25, 0.3) is 20.2 Å². The Morgan fingerprint density at radius 1 is 1.08 bits per heavy atom. The highest BCUT2D eigenvalue weighted by Gasteiger charge is 2.11. The van der Waals surface area contributed by atoms with Gasteiger partial charge in [0.15, 0.2) is 5.43 Å². The first kappa shape index (κ1) is 17.9. The topological polar surface area (TPSA) is 49.8 Å². The molecule has 0 aliphatic heterocycles. The van der Waals surface area contributed by atoms with Crippen LogP contribution in [0.4, 0.5) is 0 Å². The summed E-state index contributed by atoms with van der Waals surface area (Å²) in [6.45, 7) is 6.74. The molecule has 5 heteroatoms. The highest BCUT2D eigenvalue weighted by Crippen LogP contribution is 2.27. The lowest BCUT2D eigenvalue weighted by Gasteiger charge is -2.21. The Morgan fingerprint density at radius 2 is 1.80 bits per heavy atom. The average molecular weight is 357 g/mol. The lowest BCUT2D eigenvalue weighted by Crippen LogP contribution is -2.35. The van der Waals surface area contributed by atoms with Crippen molar-refractivity contribution in [3.63, 3.8) is 0 Å². The van der Waals surface area contributed by atoms with Gasteiger partial charge in [0.25, 0.3) is 0 Å².